The second-order valence-corrected chi connectivity index (χ2v) is 6.34. The molecule has 1 aliphatic rings. The highest BCUT2D eigenvalue weighted by Crippen LogP contribution is 2.21. The number of carbonyl (C=O) groups excluding carboxylic acids is 1. The molecule has 0 aliphatic carbocycles. The van der Waals surface area contributed by atoms with Crippen molar-refractivity contribution in [1.82, 2.24) is 20.0 Å². The molecule has 124 valence electrons. The second kappa shape index (κ2) is 6.54. The molecule has 0 bridgehead atoms. The average Bonchev–Trinajstić information content (AvgIpc) is 3.15. The van der Waals surface area contributed by atoms with Gasteiger partial charge in [-0.2, -0.15) is 0 Å². The van der Waals surface area contributed by atoms with E-state index in [0.717, 1.165) is 23.6 Å². The highest BCUT2D eigenvalue weighted by atomic mass is 16.5. The Morgan fingerprint density at radius 1 is 1.52 bits per heavy atom. The lowest BCUT2D eigenvalue weighted by molar-refractivity contribution is -0.0276. The van der Waals surface area contributed by atoms with Crippen LogP contribution in [0.5, 0.6) is 0 Å². The van der Waals surface area contributed by atoms with E-state index in [1.165, 1.54) is 0 Å². The van der Waals surface area contributed by atoms with Crippen LogP contribution in [-0.2, 0) is 11.2 Å². The van der Waals surface area contributed by atoms with Gasteiger partial charge in [0.2, 0.25) is 5.76 Å². The molecule has 0 unspecified atom stereocenters. The minimum Gasteiger partial charge on any atom is -0.367 e. The summed E-state index contributed by atoms with van der Waals surface area (Å²) in [6.45, 7) is 7.61. The van der Waals surface area contributed by atoms with Crippen molar-refractivity contribution in [3.05, 3.63) is 35.2 Å². The SMILES string of the molecule is Cc1cnc([C@H]2CN(C(=O)c3cc(CC(C)C)no3)CCO2)[nH]1. The molecule has 7 nitrogen and oxygen atoms in total. The average molecular weight is 318 g/mol. The number of morpholine rings is 1. The van der Waals surface area contributed by atoms with Gasteiger partial charge in [-0.15, -0.1) is 0 Å². The van der Waals surface area contributed by atoms with Gasteiger partial charge in [0.15, 0.2) is 0 Å². The molecule has 23 heavy (non-hydrogen) atoms. The van der Waals surface area contributed by atoms with Crippen LogP contribution in [0.2, 0.25) is 0 Å². The quantitative estimate of drug-likeness (QED) is 0.933. The molecule has 1 fully saturated rings. The van der Waals surface area contributed by atoms with Crippen molar-refractivity contribution in [2.24, 2.45) is 5.92 Å². The minimum absolute atomic E-state index is 0.149. The van der Waals surface area contributed by atoms with Crippen LogP contribution in [0.25, 0.3) is 0 Å². The van der Waals surface area contributed by atoms with Crippen LogP contribution >= 0.6 is 0 Å². The third-order valence-electron chi connectivity index (χ3n) is 3.77. The smallest absolute Gasteiger partial charge is 0.292 e. The van der Waals surface area contributed by atoms with Crippen molar-refractivity contribution in [2.75, 3.05) is 19.7 Å². The number of rotatable bonds is 4. The summed E-state index contributed by atoms with van der Waals surface area (Å²) >= 11 is 0. The van der Waals surface area contributed by atoms with Gasteiger partial charge in [0, 0.05) is 24.5 Å². The zero-order valence-corrected chi connectivity index (χ0v) is 13.7. The fraction of sp³-hybridized carbons (Fsp3) is 0.562. The standard InChI is InChI=1S/C16H22N4O3/c1-10(2)6-12-7-13(23-19-12)16(21)20-4-5-22-14(9-20)15-17-8-11(3)18-15/h7-8,10,14H,4-6,9H2,1-3H3,(H,17,18)/t14-/m1/s1. The fourth-order valence-corrected chi connectivity index (χ4v) is 2.68. The van der Waals surface area contributed by atoms with Crippen molar-refractivity contribution in [3.8, 4) is 0 Å². The predicted octanol–water partition coefficient (Wildman–Crippen LogP) is 2.12. The Kier molecular flexibility index (Phi) is 4.47. The molecule has 1 atom stereocenters. The minimum atomic E-state index is -0.237. The number of aromatic nitrogens is 3. The lowest BCUT2D eigenvalue weighted by Crippen LogP contribution is -2.42. The number of ether oxygens (including phenoxy) is 1. The zero-order chi connectivity index (χ0) is 16.4. The van der Waals surface area contributed by atoms with Crippen LogP contribution < -0.4 is 0 Å². The van der Waals surface area contributed by atoms with Crippen molar-refractivity contribution in [3.63, 3.8) is 0 Å². The first-order valence-electron chi connectivity index (χ1n) is 7.91. The summed E-state index contributed by atoms with van der Waals surface area (Å²) < 4.78 is 10.9. The summed E-state index contributed by atoms with van der Waals surface area (Å²) in [6.07, 6.45) is 2.32. The molecular formula is C16H22N4O3. The van der Waals surface area contributed by atoms with Crippen LogP contribution in [0, 0.1) is 12.8 Å². The predicted molar refractivity (Wildman–Crippen MR) is 83.0 cm³/mol. The number of H-pyrrole nitrogens is 1. The molecule has 1 aliphatic heterocycles. The lowest BCUT2D eigenvalue weighted by atomic mass is 10.1. The van der Waals surface area contributed by atoms with E-state index in [4.69, 9.17) is 9.26 Å². The normalized spacial score (nSPS) is 18.6. The fourth-order valence-electron chi connectivity index (χ4n) is 2.68. The Bertz CT molecular complexity index is 676. The molecule has 7 heteroatoms. The first kappa shape index (κ1) is 15.7. The second-order valence-electron chi connectivity index (χ2n) is 6.34. The van der Waals surface area contributed by atoms with E-state index in [1.54, 1.807) is 17.2 Å². The van der Waals surface area contributed by atoms with Crippen LogP contribution in [-0.4, -0.2) is 45.6 Å². The molecule has 1 N–H and O–H groups in total. The maximum Gasteiger partial charge on any atom is 0.292 e. The number of nitrogens with zero attached hydrogens (tertiary/aromatic N) is 3. The lowest BCUT2D eigenvalue weighted by Gasteiger charge is -2.31. The molecule has 0 aromatic carbocycles. The summed E-state index contributed by atoms with van der Waals surface area (Å²) in [7, 11) is 0. The summed E-state index contributed by atoms with van der Waals surface area (Å²) in [5.41, 5.74) is 1.79. The molecule has 0 radical (unpaired) electrons. The maximum atomic E-state index is 12.6. The number of carbonyl (C=O) groups is 1. The number of aryl methyl sites for hydroxylation is 1. The highest BCUT2D eigenvalue weighted by molar-refractivity contribution is 5.91. The van der Waals surface area contributed by atoms with Crippen LogP contribution in [0.15, 0.2) is 16.8 Å². The molecule has 2 aromatic heterocycles. The Balaban J connectivity index is 1.68. The number of hydrogen-bond donors (Lipinski definition) is 1. The van der Waals surface area contributed by atoms with Gasteiger partial charge in [-0.1, -0.05) is 19.0 Å². The topological polar surface area (TPSA) is 84.2 Å². The zero-order valence-electron chi connectivity index (χ0n) is 13.7. The van der Waals surface area contributed by atoms with Crippen LogP contribution in [0.4, 0.5) is 0 Å². The molecule has 3 rings (SSSR count). The number of aromatic amines is 1. The van der Waals surface area contributed by atoms with E-state index >= 15 is 0 Å². The van der Waals surface area contributed by atoms with Crippen molar-refractivity contribution >= 4 is 5.91 Å². The number of nitrogens with one attached hydrogen (secondary N) is 1. The molecular weight excluding hydrogens is 296 g/mol. The molecule has 3 heterocycles. The first-order valence-corrected chi connectivity index (χ1v) is 7.91. The van der Waals surface area contributed by atoms with Gasteiger partial charge < -0.3 is 19.1 Å². The number of imidazole rings is 1. The number of amides is 1. The Morgan fingerprint density at radius 2 is 2.35 bits per heavy atom. The van der Waals surface area contributed by atoms with E-state index in [9.17, 15) is 4.79 Å². The Morgan fingerprint density at radius 3 is 3.04 bits per heavy atom. The van der Waals surface area contributed by atoms with Crippen LogP contribution in [0.3, 0.4) is 0 Å². The Labute approximate surface area is 135 Å². The third-order valence-corrected chi connectivity index (χ3v) is 3.77. The van der Waals surface area contributed by atoms with Gasteiger partial charge in [0.05, 0.1) is 18.8 Å². The summed E-state index contributed by atoms with van der Waals surface area (Å²) in [6, 6.07) is 1.74. The van der Waals surface area contributed by atoms with Crippen molar-refractivity contribution in [2.45, 2.75) is 33.3 Å². The van der Waals surface area contributed by atoms with Gasteiger partial charge in [-0.05, 0) is 19.3 Å². The maximum absolute atomic E-state index is 12.6. The van der Waals surface area contributed by atoms with E-state index in [2.05, 4.69) is 29.0 Å². The van der Waals surface area contributed by atoms with Crippen molar-refractivity contribution < 1.29 is 14.1 Å². The van der Waals surface area contributed by atoms with Crippen molar-refractivity contribution in [1.29, 1.82) is 0 Å². The van der Waals surface area contributed by atoms with E-state index < -0.39 is 0 Å². The summed E-state index contributed by atoms with van der Waals surface area (Å²) in [5, 5.41) is 3.98. The summed E-state index contributed by atoms with van der Waals surface area (Å²) in [4.78, 5) is 21.8. The van der Waals surface area contributed by atoms with Gasteiger partial charge >= 0.3 is 0 Å². The van der Waals surface area contributed by atoms with Gasteiger partial charge in [-0.25, -0.2) is 4.98 Å². The monoisotopic (exact) mass is 318 g/mol. The molecule has 1 saturated heterocycles. The van der Waals surface area contributed by atoms with E-state index in [-0.39, 0.29) is 17.8 Å². The molecule has 0 saturated carbocycles. The van der Waals surface area contributed by atoms with Gasteiger partial charge in [0.1, 0.15) is 11.9 Å². The van der Waals surface area contributed by atoms with Crippen LogP contribution in [0.1, 0.15) is 47.7 Å². The third kappa shape index (κ3) is 3.61. The summed E-state index contributed by atoms with van der Waals surface area (Å²) in [5.74, 6) is 1.36. The first-order chi connectivity index (χ1) is 11.0. The molecule has 0 spiro atoms. The molecule has 2 aromatic rings. The van der Waals surface area contributed by atoms with Gasteiger partial charge in [0.25, 0.3) is 5.91 Å². The van der Waals surface area contributed by atoms with Gasteiger partial charge in [-0.3, -0.25) is 4.79 Å². The van der Waals surface area contributed by atoms with E-state index in [1.807, 2.05) is 6.92 Å². The highest BCUT2D eigenvalue weighted by Gasteiger charge is 2.29. The number of hydrogen-bond acceptors (Lipinski definition) is 5. The van der Waals surface area contributed by atoms with E-state index in [0.29, 0.717) is 25.6 Å². The largest absolute Gasteiger partial charge is 0.367 e. The molecule has 1 amide bonds. The Hall–Kier alpha value is -2.15.